The molecule has 7 nitrogen and oxygen atoms in total. The molecule has 0 aliphatic heterocycles. The van der Waals surface area contributed by atoms with Gasteiger partial charge in [0, 0.05) is 16.4 Å². The standard InChI is InChI=1S/C27H27IN2O5/c1-34-26(32)24(17-21-14-8-9-15-22(21)28)29-25(31)23(16-19-10-4-2-5-11-19)30-27(33)35-18-20-12-6-3-7-13-20/h2-15,23-24H,16-18H2,1H3,(H,29,31)(H,30,33)/t23-,24-/m1/s1. The van der Waals surface area contributed by atoms with Crippen LogP contribution in [0.15, 0.2) is 84.9 Å². The summed E-state index contributed by atoms with van der Waals surface area (Å²) in [4.78, 5) is 38.3. The van der Waals surface area contributed by atoms with Crippen LogP contribution >= 0.6 is 22.6 Å². The van der Waals surface area contributed by atoms with Crippen LogP contribution in [-0.2, 0) is 38.5 Å². The molecule has 0 spiro atoms. The van der Waals surface area contributed by atoms with E-state index in [0.29, 0.717) is 0 Å². The maximum Gasteiger partial charge on any atom is 0.408 e. The maximum absolute atomic E-state index is 13.3. The van der Waals surface area contributed by atoms with Crippen molar-refractivity contribution in [2.24, 2.45) is 0 Å². The molecule has 0 saturated heterocycles. The van der Waals surface area contributed by atoms with Crippen LogP contribution in [0.25, 0.3) is 0 Å². The van der Waals surface area contributed by atoms with Crippen LogP contribution in [0.5, 0.6) is 0 Å². The van der Waals surface area contributed by atoms with Gasteiger partial charge >= 0.3 is 12.1 Å². The van der Waals surface area contributed by atoms with Gasteiger partial charge in [-0.3, -0.25) is 4.79 Å². The lowest BCUT2D eigenvalue weighted by Crippen LogP contribution is -2.53. The number of benzene rings is 3. The summed E-state index contributed by atoms with van der Waals surface area (Å²) in [5.41, 5.74) is 2.58. The minimum Gasteiger partial charge on any atom is -0.467 e. The van der Waals surface area contributed by atoms with Crippen molar-refractivity contribution in [3.63, 3.8) is 0 Å². The molecule has 0 saturated carbocycles. The molecule has 2 N–H and O–H groups in total. The largest absolute Gasteiger partial charge is 0.467 e. The van der Waals surface area contributed by atoms with Crippen molar-refractivity contribution in [1.29, 1.82) is 0 Å². The van der Waals surface area contributed by atoms with Crippen molar-refractivity contribution >= 4 is 40.6 Å². The summed E-state index contributed by atoms with van der Waals surface area (Å²) in [6, 6.07) is 24.3. The van der Waals surface area contributed by atoms with E-state index in [1.165, 1.54) is 7.11 Å². The molecule has 0 aromatic heterocycles. The van der Waals surface area contributed by atoms with E-state index in [-0.39, 0.29) is 19.4 Å². The zero-order valence-electron chi connectivity index (χ0n) is 19.3. The van der Waals surface area contributed by atoms with E-state index in [4.69, 9.17) is 9.47 Å². The van der Waals surface area contributed by atoms with Crippen molar-refractivity contribution < 1.29 is 23.9 Å². The monoisotopic (exact) mass is 586 g/mol. The number of amides is 2. The molecule has 2 amide bonds. The Morgan fingerprint density at radius 2 is 1.37 bits per heavy atom. The summed E-state index contributed by atoms with van der Waals surface area (Å²) < 4.78 is 11.2. The first-order valence-corrected chi connectivity index (χ1v) is 12.2. The van der Waals surface area contributed by atoms with Gasteiger partial charge in [-0.1, -0.05) is 78.9 Å². The molecule has 8 heteroatoms. The molecular formula is C27H27IN2O5. The van der Waals surface area contributed by atoms with Crippen molar-refractivity contribution in [1.82, 2.24) is 10.6 Å². The van der Waals surface area contributed by atoms with Gasteiger partial charge in [-0.15, -0.1) is 0 Å². The number of carbonyl (C=O) groups excluding carboxylic acids is 3. The molecule has 0 fully saturated rings. The van der Waals surface area contributed by atoms with E-state index in [0.717, 1.165) is 20.3 Å². The molecule has 182 valence electrons. The Kier molecular flexibility index (Phi) is 10.1. The fourth-order valence-corrected chi connectivity index (χ4v) is 4.07. The lowest BCUT2D eigenvalue weighted by Gasteiger charge is -2.22. The second-order valence-corrected chi connectivity index (χ2v) is 8.99. The van der Waals surface area contributed by atoms with Crippen LogP contribution in [0.4, 0.5) is 4.79 Å². The van der Waals surface area contributed by atoms with Gasteiger partial charge in [0.25, 0.3) is 0 Å². The summed E-state index contributed by atoms with van der Waals surface area (Å²) in [5, 5.41) is 5.40. The van der Waals surface area contributed by atoms with Gasteiger partial charge in [0.05, 0.1) is 7.11 Å². The van der Waals surface area contributed by atoms with E-state index < -0.39 is 30.1 Å². The summed E-state index contributed by atoms with van der Waals surface area (Å²) in [5.74, 6) is -1.07. The van der Waals surface area contributed by atoms with Gasteiger partial charge in [-0.2, -0.15) is 0 Å². The number of rotatable bonds is 10. The van der Waals surface area contributed by atoms with Crippen LogP contribution in [0.2, 0.25) is 0 Å². The van der Waals surface area contributed by atoms with E-state index in [1.54, 1.807) is 0 Å². The van der Waals surface area contributed by atoms with Gasteiger partial charge in [-0.25, -0.2) is 9.59 Å². The van der Waals surface area contributed by atoms with E-state index in [2.05, 4.69) is 33.2 Å². The van der Waals surface area contributed by atoms with Crippen molar-refractivity contribution in [3.8, 4) is 0 Å². The SMILES string of the molecule is COC(=O)[C@@H](Cc1ccccc1I)NC(=O)[C@@H](Cc1ccccc1)NC(=O)OCc1ccccc1. The summed E-state index contributed by atoms with van der Waals surface area (Å²) in [6.07, 6.45) is -0.241. The lowest BCUT2D eigenvalue weighted by atomic mass is 10.0. The molecular weight excluding hydrogens is 559 g/mol. The molecule has 0 heterocycles. The molecule has 3 aromatic rings. The highest BCUT2D eigenvalue weighted by atomic mass is 127. The molecule has 0 unspecified atom stereocenters. The van der Waals surface area contributed by atoms with Gasteiger partial charge < -0.3 is 20.1 Å². The number of hydrogen-bond donors (Lipinski definition) is 2. The number of alkyl carbamates (subject to hydrolysis) is 1. The fraction of sp³-hybridized carbons (Fsp3) is 0.222. The first-order chi connectivity index (χ1) is 17.0. The average Bonchev–Trinajstić information content (AvgIpc) is 2.88. The quantitative estimate of drug-likeness (QED) is 0.277. The Morgan fingerprint density at radius 1 is 0.771 bits per heavy atom. The number of nitrogens with one attached hydrogen (secondary N) is 2. The van der Waals surface area contributed by atoms with Gasteiger partial charge in [0.15, 0.2) is 0 Å². The molecule has 0 aliphatic carbocycles. The predicted molar refractivity (Wildman–Crippen MR) is 141 cm³/mol. The van der Waals surface area contributed by atoms with Gasteiger partial charge in [0.1, 0.15) is 18.7 Å². The zero-order valence-corrected chi connectivity index (χ0v) is 21.4. The number of ether oxygens (including phenoxy) is 2. The van der Waals surface area contributed by atoms with Crippen molar-refractivity contribution in [3.05, 3.63) is 105 Å². The Hall–Kier alpha value is -3.40. The normalized spacial score (nSPS) is 12.2. The van der Waals surface area contributed by atoms with Crippen molar-refractivity contribution in [2.75, 3.05) is 7.11 Å². The maximum atomic E-state index is 13.3. The summed E-state index contributed by atoms with van der Waals surface area (Å²) >= 11 is 2.18. The van der Waals surface area contributed by atoms with Crippen LogP contribution < -0.4 is 10.6 Å². The average molecular weight is 586 g/mol. The van der Waals surface area contributed by atoms with Crippen LogP contribution in [0.1, 0.15) is 16.7 Å². The summed E-state index contributed by atoms with van der Waals surface area (Å²) in [7, 11) is 1.28. The molecule has 0 radical (unpaired) electrons. The van der Waals surface area contributed by atoms with Gasteiger partial charge in [0.2, 0.25) is 5.91 Å². The van der Waals surface area contributed by atoms with Crippen molar-refractivity contribution in [2.45, 2.75) is 31.5 Å². The molecule has 35 heavy (non-hydrogen) atoms. The van der Waals surface area contributed by atoms with Gasteiger partial charge in [-0.05, 0) is 45.3 Å². The molecule has 2 atom stereocenters. The number of methoxy groups -OCH3 is 1. The highest BCUT2D eigenvalue weighted by molar-refractivity contribution is 14.1. The number of halogens is 1. The third-order valence-corrected chi connectivity index (χ3v) is 6.34. The number of hydrogen-bond acceptors (Lipinski definition) is 5. The highest BCUT2D eigenvalue weighted by Crippen LogP contribution is 2.14. The molecule has 3 rings (SSSR count). The van der Waals surface area contributed by atoms with E-state index in [9.17, 15) is 14.4 Å². The number of carbonyl (C=O) groups is 3. The Morgan fingerprint density at radius 3 is 2.00 bits per heavy atom. The molecule has 0 bridgehead atoms. The number of esters is 1. The van der Waals surface area contributed by atoms with E-state index in [1.807, 2.05) is 84.9 Å². The third kappa shape index (κ3) is 8.40. The van der Waals surface area contributed by atoms with Crippen LogP contribution in [0, 0.1) is 3.57 Å². The first kappa shape index (κ1) is 26.2. The highest BCUT2D eigenvalue weighted by Gasteiger charge is 2.28. The zero-order chi connectivity index (χ0) is 25.0. The minimum atomic E-state index is -0.956. The van der Waals surface area contributed by atoms with Crippen LogP contribution in [0.3, 0.4) is 0 Å². The van der Waals surface area contributed by atoms with Crippen LogP contribution in [-0.4, -0.2) is 37.2 Å². The lowest BCUT2D eigenvalue weighted by molar-refractivity contribution is -0.145. The predicted octanol–water partition coefficient (Wildman–Crippen LogP) is 4.03. The van der Waals surface area contributed by atoms with E-state index >= 15 is 0 Å². The Bertz CT molecular complexity index is 1120. The topological polar surface area (TPSA) is 93.7 Å². The fourth-order valence-electron chi connectivity index (χ4n) is 3.46. The molecule has 0 aliphatic rings. The smallest absolute Gasteiger partial charge is 0.408 e. The summed E-state index contributed by atoms with van der Waals surface area (Å²) in [6.45, 7) is 0.0730. The Labute approximate surface area is 218 Å². The Balaban J connectivity index is 1.72. The third-order valence-electron chi connectivity index (χ3n) is 5.29. The molecule has 3 aromatic carbocycles. The first-order valence-electron chi connectivity index (χ1n) is 11.1. The second kappa shape index (κ2) is 13.5. The minimum absolute atomic E-state index is 0.0730. The second-order valence-electron chi connectivity index (χ2n) is 7.83.